The Kier molecular flexibility index (Phi) is 4.21. The molecule has 2 aliphatic rings. The zero-order valence-electron chi connectivity index (χ0n) is 9.74. The van der Waals surface area contributed by atoms with Crippen LogP contribution >= 0.6 is 0 Å². The minimum absolute atomic E-state index is 0.137. The number of sulfonamides is 1. The van der Waals surface area contributed by atoms with Crippen LogP contribution in [0.3, 0.4) is 0 Å². The molecule has 0 aromatic heterocycles. The van der Waals surface area contributed by atoms with Crippen LogP contribution in [0.15, 0.2) is 0 Å². The molecule has 0 spiro atoms. The van der Waals surface area contributed by atoms with Crippen molar-refractivity contribution in [1.29, 1.82) is 0 Å². The summed E-state index contributed by atoms with van der Waals surface area (Å²) in [5, 5.41) is 3.17. The van der Waals surface area contributed by atoms with Gasteiger partial charge in [-0.25, -0.2) is 13.1 Å². The molecule has 94 valence electrons. The Morgan fingerprint density at radius 2 is 1.62 bits per heavy atom. The Morgan fingerprint density at radius 3 is 2.25 bits per heavy atom. The van der Waals surface area contributed by atoms with E-state index in [2.05, 4.69) is 10.0 Å². The number of rotatable bonds is 6. The molecule has 0 aliphatic heterocycles. The van der Waals surface area contributed by atoms with Gasteiger partial charge in [-0.15, -0.1) is 0 Å². The van der Waals surface area contributed by atoms with E-state index < -0.39 is 10.0 Å². The van der Waals surface area contributed by atoms with E-state index in [1.165, 1.54) is 19.3 Å². The Morgan fingerprint density at radius 1 is 0.938 bits per heavy atom. The normalized spacial score (nSPS) is 23.5. The fourth-order valence-corrected chi connectivity index (χ4v) is 3.83. The van der Waals surface area contributed by atoms with Crippen molar-refractivity contribution in [3.05, 3.63) is 0 Å². The number of nitrogens with one attached hydrogen (secondary N) is 2. The Balaban J connectivity index is 1.68. The zero-order valence-corrected chi connectivity index (χ0v) is 10.6. The zero-order chi connectivity index (χ0) is 11.4. The van der Waals surface area contributed by atoms with Crippen molar-refractivity contribution in [2.45, 2.75) is 56.2 Å². The molecule has 0 bridgehead atoms. The number of hydrogen-bond acceptors (Lipinski definition) is 3. The number of hydrogen-bond donors (Lipinski definition) is 2. The second kappa shape index (κ2) is 5.47. The molecule has 0 atom stereocenters. The smallest absolute Gasteiger partial charge is 0.214 e. The van der Waals surface area contributed by atoms with Gasteiger partial charge in [-0.1, -0.05) is 19.3 Å². The highest BCUT2D eigenvalue weighted by molar-refractivity contribution is 7.90. The van der Waals surface area contributed by atoms with E-state index in [0.29, 0.717) is 12.6 Å². The first-order chi connectivity index (χ1) is 7.68. The van der Waals surface area contributed by atoms with Gasteiger partial charge in [-0.2, -0.15) is 0 Å². The molecule has 2 N–H and O–H groups in total. The summed E-state index contributed by atoms with van der Waals surface area (Å²) in [6.45, 7) is 1.30. The first kappa shape index (κ1) is 12.3. The molecule has 2 aliphatic carbocycles. The Hall–Kier alpha value is -0.130. The van der Waals surface area contributed by atoms with Crippen molar-refractivity contribution in [3.8, 4) is 0 Å². The van der Waals surface area contributed by atoms with Crippen LogP contribution in [0, 0.1) is 0 Å². The van der Waals surface area contributed by atoms with Gasteiger partial charge in [0, 0.05) is 19.1 Å². The lowest BCUT2D eigenvalue weighted by molar-refractivity contribution is 0.477. The van der Waals surface area contributed by atoms with E-state index >= 15 is 0 Å². The van der Waals surface area contributed by atoms with Gasteiger partial charge in [0.2, 0.25) is 10.0 Å². The van der Waals surface area contributed by atoms with E-state index in [9.17, 15) is 8.42 Å². The summed E-state index contributed by atoms with van der Waals surface area (Å²) in [4.78, 5) is 0. The maximum Gasteiger partial charge on any atom is 0.214 e. The molecular weight excluding hydrogens is 224 g/mol. The molecule has 2 saturated carbocycles. The highest BCUT2D eigenvalue weighted by atomic mass is 32.2. The van der Waals surface area contributed by atoms with Crippen LogP contribution < -0.4 is 10.0 Å². The van der Waals surface area contributed by atoms with Gasteiger partial charge >= 0.3 is 0 Å². The van der Waals surface area contributed by atoms with Crippen molar-refractivity contribution >= 4 is 10.0 Å². The second-order valence-corrected chi connectivity index (χ2v) is 6.97. The predicted octanol–water partition coefficient (Wildman–Crippen LogP) is 0.990. The quantitative estimate of drug-likeness (QED) is 0.687. The predicted molar refractivity (Wildman–Crippen MR) is 64.8 cm³/mol. The molecule has 0 saturated heterocycles. The molecule has 2 fully saturated rings. The first-order valence-corrected chi connectivity index (χ1v) is 7.95. The molecule has 5 heteroatoms. The molecule has 0 aromatic carbocycles. The summed E-state index contributed by atoms with van der Waals surface area (Å²) in [6, 6.07) is 0.652. The molecular formula is C11H22N2O2S. The fraction of sp³-hybridized carbons (Fsp3) is 1.00. The average molecular weight is 246 g/mol. The van der Waals surface area contributed by atoms with Crippen LogP contribution in [-0.4, -0.2) is 32.8 Å². The van der Waals surface area contributed by atoms with Crippen molar-refractivity contribution in [3.63, 3.8) is 0 Å². The van der Waals surface area contributed by atoms with Crippen LogP contribution in [0.25, 0.3) is 0 Å². The SMILES string of the molecule is O=S(=O)(NCCNC1CC1)C1CCCCC1. The standard InChI is InChI=1S/C11H22N2O2S/c14-16(15,11-4-2-1-3-5-11)13-9-8-12-10-6-7-10/h10-13H,1-9H2. The topological polar surface area (TPSA) is 58.2 Å². The van der Waals surface area contributed by atoms with Gasteiger partial charge < -0.3 is 5.32 Å². The lowest BCUT2D eigenvalue weighted by atomic mass is 10.0. The summed E-state index contributed by atoms with van der Waals surface area (Å²) < 4.78 is 26.5. The van der Waals surface area contributed by atoms with Crippen molar-refractivity contribution in [2.24, 2.45) is 0 Å². The van der Waals surface area contributed by atoms with Crippen LogP contribution in [-0.2, 0) is 10.0 Å². The summed E-state index contributed by atoms with van der Waals surface area (Å²) >= 11 is 0. The molecule has 0 radical (unpaired) electrons. The highest BCUT2D eigenvalue weighted by Crippen LogP contribution is 2.22. The van der Waals surface area contributed by atoms with Gasteiger partial charge in [0.05, 0.1) is 5.25 Å². The molecule has 0 unspecified atom stereocenters. The maximum absolute atomic E-state index is 11.9. The van der Waals surface area contributed by atoms with Crippen LogP contribution in [0.1, 0.15) is 44.9 Å². The van der Waals surface area contributed by atoms with E-state index in [-0.39, 0.29) is 5.25 Å². The summed E-state index contributed by atoms with van der Waals surface area (Å²) in [5.41, 5.74) is 0. The second-order valence-electron chi connectivity index (χ2n) is 4.93. The molecule has 0 aromatic rings. The van der Waals surface area contributed by atoms with Crippen molar-refractivity contribution < 1.29 is 8.42 Å². The molecule has 2 rings (SSSR count). The van der Waals surface area contributed by atoms with Gasteiger partial charge in [0.25, 0.3) is 0 Å². The molecule has 0 amide bonds. The van der Waals surface area contributed by atoms with Gasteiger partial charge in [-0.05, 0) is 25.7 Å². The molecule has 16 heavy (non-hydrogen) atoms. The monoisotopic (exact) mass is 246 g/mol. The van der Waals surface area contributed by atoms with Crippen LogP contribution in [0.4, 0.5) is 0 Å². The van der Waals surface area contributed by atoms with Gasteiger partial charge in [-0.3, -0.25) is 0 Å². The lowest BCUT2D eigenvalue weighted by Crippen LogP contribution is -2.39. The summed E-state index contributed by atoms with van der Waals surface area (Å²) in [6.07, 6.45) is 7.48. The summed E-state index contributed by atoms with van der Waals surface area (Å²) in [5.74, 6) is 0. The van der Waals surface area contributed by atoms with E-state index in [4.69, 9.17) is 0 Å². The Labute approximate surface area is 98.2 Å². The molecule has 4 nitrogen and oxygen atoms in total. The molecule has 0 heterocycles. The third-order valence-corrected chi connectivity index (χ3v) is 5.39. The van der Waals surface area contributed by atoms with Gasteiger partial charge in [0.1, 0.15) is 0 Å². The minimum Gasteiger partial charge on any atom is -0.313 e. The average Bonchev–Trinajstić information content (AvgIpc) is 3.10. The van der Waals surface area contributed by atoms with Crippen molar-refractivity contribution in [2.75, 3.05) is 13.1 Å². The van der Waals surface area contributed by atoms with E-state index in [1.807, 2.05) is 0 Å². The van der Waals surface area contributed by atoms with Crippen LogP contribution in [0.2, 0.25) is 0 Å². The van der Waals surface area contributed by atoms with Crippen LogP contribution in [0.5, 0.6) is 0 Å². The summed E-state index contributed by atoms with van der Waals surface area (Å²) in [7, 11) is -3.05. The third-order valence-electron chi connectivity index (χ3n) is 3.43. The van der Waals surface area contributed by atoms with Crippen molar-refractivity contribution in [1.82, 2.24) is 10.0 Å². The Bertz CT molecular complexity index is 306. The third kappa shape index (κ3) is 3.71. The van der Waals surface area contributed by atoms with E-state index in [0.717, 1.165) is 32.2 Å². The fourth-order valence-electron chi connectivity index (χ4n) is 2.25. The highest BCUT2D eigenvalue weighted by Gasteiger charge is 2.26. The first-order valence-electron chi connectivity index (χ1n) is 6.40. The maximum atomic E-state index is 11.9. The lowest BCUT2D eigenvalue weighted by Gasteiger charge is -2.22. The van der Waals surface area contributed by atoms with Gasteiger partial charge in [0.15, 0.2) is 0 Å². The van der Waals surface area contributed by atoms with E-state index in [1.54, 1.807) is 0 Å². The minimum atomic E-state index is -3.05. The largest absolute Gasteiger partial charge is 0.313 e.